The van der Waals surface area contributed by atoms with Crippen LogP contribution in [-0.4, -0.2) is 79.2 Å². The number of carboxylic acid groups (broad SMARTS) is 1. The van der Waals surface area contributed by atoms with Gasteiger partial charge in [-0.1, -0.05) is 64.5 Å². The van der Waals surface area contributed by atoms with Crippen LogP contribution in [0.5, 0.6) is 5.19 Å². The molecule has 4 unspecified atom stereocenters. The second-order valence-corrected chi connectivity index (χ2v) is 23.1. The van der Waals surface area contributed by atoms with Crippen molar-refractivity contribution in [2.24, 2.45) is 50.7 Å². The van der Waals surface area contributed by atoms with Crippen LogP contribution in [0, 0.1) is 50.7 Å². The SMILES string of the molecule is CC1(C)C(C2=CCC(COc3nccs3)(C(=O)O)CC2)=CC[C@@]2(C)C1CC[C@]1(C)C2CCC2[C@H]3CCC[C@]3(NCCN3CCS(=O)(=O)CC3)CC[C@]21C. The van der Waals surface area contributed by atoms with Crippen LogP contribution in [0.3, 0.4) is 0 Å². The van der Waals surface area contributed by atoms with E-state index in [1.807, 2.05) is 5.38 Å². The molecule has 0 bridgehead atoms. The van der Waals surface area contributed by atoms with Gasteiger partial charge in [-0.05, 0) is 134 Å². The van der Waals surface area contributed by atoms with Gasteiger partial charge in [0, 0.05) is 43.3 Å². The predicted octanol–water partition coefficient (Wildman–Crippen LogP) is 8.17. The molecule has 1 aromatic heterocycles. The van der Waals surface area contributed by atoms with Gasteiger partial charge in [0.1, 0.15) is 12.0 Å². The average Bonchev–Trinajstić information content (AvgIpc) is 3.79. The van der Waals surface area contributed by atoms with Gasteiger partial charge in [-0.25, -0.2) is 13.4 Å². The summed E-state index contributed by atoms with van der Waals surface area (Å²) in [4.78, 5) is 19.2. The molecule has 294 valence electrons. The highest BCUT2D eigenvalue weighted by molar-refractivity contribution is 7.91. The lowest BCUT2D eigenvalue weighted by Gasteiger charge is -2.72. The van der Waals surface area contributed by atoms with Gasteiger partial charge in [0.25, 0.3) is 5.19 Å². The first kappa shape index (κ1) is 38.1. The first-order valence-corrected chi connectivity index (χ1v) is 23.6. The number of allylic oxidation sites excluding steroid dienone is 4. The quantitative estimate of drug-likeness (QED) is 0.259. The fourth-order valence-corrected chi connectivity index (χ4v) is 16.2. The normalized spacial score (nSPS) is 43.3. The van der Waals surface area contributed by atoms with Crippen molar-refractivity contribution >= 4 is 27.1 Å². The van der Waals surface area contributed by atoms with Gasteiger partial charge in [-0.15, -0.1) is 0 Å². The van der Waals surface area contributed by atoms with E-state index in [4.69, 9.17) is 4.74 Å². The number of rotatable bonds is 9. The highest BCUT2D eigenvalue weighted by Gasteiger charge is 2.69. The molecule has 0 aromatic carbocycles. The number of carbonyl (C=O) groups is 1. The van der Waals surface area contributed by atoms with Gasteiger partial charge in [0.2, 0.25) is 0 Å². The topological polar surface area (TPSA) is 109 Å². The summed E-state index contributed by atoms with van der Waals surface area (Å²) in [5.41, 5.74) is 3.14. The van der Waals surface area contributed by atoms with Crippen molar-refractivity contribution in [2.45, 2.75) is 124 Å². The molecule has 2 heterocycles. The van der Waals surface area contributed by atoms with Crippen LogP contribution < -0.4 is 10.1 Å². The van der Waals surface area contributed by atoms with E-state index in [0.717, 1.165) is 37.8 Å². The molecular weight excluding hydrogens is 703 g/mol. The molecule has 8 nitrogen and oxygen atoms in total. The summed E-state index contributed by atoms with van der Waals surface area (Å²) in [5.74, 6) is 2.66. The van der Waals surface area contributed by atoms with Gasteiger partial charge in [0.15, 0.2) is 9.84 Å². The molecular formula is C43H65N3O5S2. The minimum absolute atomic E-state index is 0.0359. The number of nitrogens with zero attached hydrogens (tertiary/aromatic N) is 2. The first-order valence-electron chi connectivity index (χ1n) is 20.9. The standard InChI is InChI=1S/C43H65N3O5S2/c1-38(2)31(30-10-17-42(18-11-30,36(47)48)29-51-37-44-22-26-52-37)12-15-39(3)34(38)13-16-41(5)35(39)9-8-32-33-7-6-14-43(33,20-19-40(32,41)4)45-21-23-46-24-27-53(49,50)28-25-46/h10,12,22,26,32-35,45H,6-9,11,13-21,23-25,27-29H2,1-5H3,(H,47,48)/t32?,33-,34?,35?,39+,40-,41-,42?,43+/m1/s1. The van der Waals surface area contributed by atoms with E-state index in [1.54, 1.807) is 6.20 Å². The van der Waals surface area contributed by atoms with Crippen LogP contribution in [0.15, 0.2) is 34.9 Å². The van der Waals surface area contributed by atoms with Crippen molar-refractivity contribution in [2.75, 3.05) is 44.3 Å². The molecule has 10 heteroatoms. The Labute approximate surface area is 322 Å². The van der Waals surface area contributed by atoms with E-state index >= 15 is 0 Å². The van der Waals surface area contributed by atoms with Crippen molar-refractivity contribution in [1.82, 2.24) is 15.2 Å². The molecule has 2 N–H and O–H groups in total. The lowest BCUT2D eigenvalue weighted by Crippen LogP contribution is -2.67. The number of hydrogen-bond acceptors (Lipinski definition) is 8. The number of thiazole rings is 1. The average molecular weight is 768 g/mol. The van der Waals surface area contributed by atoms with Crippen molar-refractivity contribution in [3.8, 4) is 5.19 Å². The molecule has 0 amide bonds. The van der Waals surface area contributed by atoms with Crippen molar-refractivity contribution in [3.05, 3.63) is 34.9 Å². The third-order valence-corrected chi connectivity index (χ3v) is 19.9. The summed E-state index contributed by atoms with van der Waals surface area (Å²) in [6.45, 7) is 16.6. The lowest BCUT2D eigenvalue weighted by atomic mass is 9.33. The summed E-state index contributed by atoms with van der Waals surface area (Å²) in [6.07, 6.45) is 21.4. The Morgan fingerprint density at radius 2 is 1.74 bits per heavy atom. The molecule has 0 radical (unpaired) electrons. The zero-order valence-electron chi connectivity index (χ0n) is 33.1. The molecule has 0 spiro atoms. The zero-order chi connectivity index (χ0) is 37.5. The van der Waals surface area contributed by atoms with Crippen LogP contribution in [0.25, 0.3) is 0 Å². The Hall–Kier alpha value is -1.75. The third kappa shape index (κ3) is 6.12. The van der Waals surface area contributed by atoms with Crippen LogP contribution in [0.1, 0.15) is 118 Å². The van der Waals surface area contributed by atoms with Gasteiger partial charge >= 0.3 is 5.97 Å². The molecule has 53 heavy (non-hydrogen) atoms. The Morgan fingerprint density at radius 3 is 2.43 bits per heavy atom. The van der Waals surface area contributed by atoms with E-state index in [9.17, 15) is 18.3 Å². The lowest BCUT2D eigenvalue weighted by molar-refractivity contribution is -0.218. The maximum atomic E-state index is 12.6. The van der Waals surface area contributed by atoms with Crippen LogP contribution in [-0.2, 0) is 14.6 Å². The van der Waals surface area contributed by atoms with Gasteiger partial charge in [0.05, 0.1) is 11.5 Å². The van der Waals surface area contributed by atoms with Gasteiger partial charge in [-0.2, -0.15) is 0 Å². The summed E-state index contributed by atoms with van der Waals surface area (Å²) in [7, 11) is -2.84. The van der Waals surface area contributed by atoms with E-state index in [-0.39, 0.29) is 23.0 Å². The molecule has 5 fully saturated rings. The number of ether oxygens (including phenoxy) is 1. The number of nitrogens with one attached hydrogen (secondary N) is 1. The minimum atomic E-state index is -2.84. The Morgan fingerprint density at radius 1 is 0.943 bits per heavy atom. The molecule has 1 saturated heterocycles. The van der Waals surface area contributed by atoms with Crippen LogP contribution in [0.4, 0.5) is 0 Å². The maximum Gasteiger partial charge on any atom is 0.313 e. The van der Waals surface area contributed by atoms with E-state index in [1.165, 1.54) is 80.3 Å². The Balaban J connectivity index is 0.979. The number of hydrogen-bond donors (Lipinski definition) is 2. The minimum Gasteiger partial charge on any atom is -0.481 e. The fourth-order valence-electron chi connectivity index (χ4n) is 14.5. The van der Waals surface area contributed by atoms with E-state index < -0.39 is 21.2 Å². The summed E-state index contributed by atoms with van der Waals surface area (Å²) in [6, 6.07) is 0. The third-order valence-electron chi connectivity index (χ3n) is 17.6. The highest BCUT2D eigenvalue weighted by atomic mass is 32.2. The fraction of sp³-hybridized carbons (Fsp3) is 0.814. The molecule has 1 aliphatic heterocycles. The summed E-state index contributed by atoms with van der Waals surface area (Å²) < 4.78 is 29.9. The number of aliphatic carboxylic acids is 1. The smallest absolute Gasteiger partial charge is 0.313 e. The van der Waals surface area contributed by atoms with Crippen LogP contribution in [0.2, 0.25) is 0 Å². The predicted molar refractivity (Wildman–Crippen MR) is 212 cm³/mol. The largest absolute Gasteiger partial charge is 0.481 e. The molecule has 4 saturated carbocycles. The molecule has 8 rings (SSSR count). The maximum absolute atomic E-state index is 12.6. The van der Waals surface area contributed by atoms with Gasteiger partial charge < -0.3 is 20.1 Å². The number of aromatic nitrogens is 1. The van der Waals surface area contributed by atoms with Crippen molar-refractivity contribution in [1.29, 1.82) is 0 Å². The number of sulfone groups is 1. The Kier molecular flexibility index (Phi) is 9.67. The molecule has 7 aliphatic rings. The molecule has 1 aromatic rings. The van der Waals surface area contributed by atoms with E-state index in [2.05, 4.69) is 62.0 Å². The zero-order valence-corrected chi connectivity index (χ0v) is 34.7. The van der Waals surface area contributed by atoms with E-state index in [0.29, 0.717) is 65.3 Å². The second kappa shape index (κ2) is 13.4. The Bertz CT molecular complexity index is 1730. The summed E-state index contributed by atoms with van der Waals surface area (Å²) >= 11 is 1.41. The van der Waals surface area contributed by atoms with Crippen molar-refractivity contribution < 1.29 is 23.1 Å². The number of fused-ring (bicyclic) bond motifs is 7. The van der Waals surface area contributed by atoms with Gasteiger partial charge in [-0.3, -0.25) is 4.79 Å². The van der Waals surface area contributed by atoms with Crippen LogP contribution >= 0.6 is 11.3 Å². The highest BCUT2D eigenvalue weighted by Crippen LogP contribution is 2.76. The monoisotopic (exact) mass is 767 g/mol. The summed E-state index contributed by atoms with van der Waals surface area (Å²) in [5, 5.41) is 16.9. The number of carboxylic acids is 1. The molecule has 9 atom stereocenters. The first-order chi connectivity index (χ1) is 25.1. The van der Waals surface area contributed by atoms with Crippen molar-refractivity contribution in [3.63, 3.8) is 0 Å². The molecule has 6 aliphatic carbocycles. The second-order valence-electron chi connectivity index (χ2n) is 19.9.